The van der Waals surface area contributed by atoms with Crippen LogP contribution in [0.25, 0.3) is 0 Å². The summed E-state index contributed by atoms with van der Waals surface area (Å²) in [5.41, 5.74) is 1.07. The van der Waals surface area contributed by atoms with E-state index in [2.05, 4.69) is 17.3 Å². The molecule has 1 saturated carbocycles. The number of rotatable bonds is 4. The summed E-state index contributed by atoms with van der Waals surface area (Å²) >= 11 is 0. The maximum atomic E-state index is 9.42. The fourth-order valence-corrected chi connectivity index (χ4v) is 2.52. The first kappa shape index (κ1) is 11.6. The molecule has 1 aliphatic carbocycles. The van der Waals surface area contributed by atoms with Gasteiger partial charge in [0.05, 0.1) is 18.8 Å². The highest BCUT2D eigenvalue weighted by atomic mass is 16.3. The van der Waals surface area contributed by atoms with E-state index in [4.69, 9.17) is 0 Å². The monoisotopic (exact) mass is 223 g/mol. The topological polar surface area (TPSA) is 50.1 Å². The van der Waals surface area contributed by atoms with Crippen molar-refractivity contribution >= 4 is 0 Å². The van der Waals surface area contributed by atoms with Gasteiger partial charge in [-0.05, 0) is 25.2 Å². The number of aliphatic hydroxyl groups excluding tert-OH is 1. The van der Waals surface area contributed by atoms with E-state index in [0.29, 0.717) is 6.04 Å². The van der Waals surface area contributed by atoms with Gasteiger partial charge in [0.15, 0.2) is 0 Å². The quantitative estimate of drug-likeness (QED) is 0.807. The number of aliphatic hydroxyl groups is 1. The summed E-state index contributed by atoms with van der Waals surface area (Å²) in [6.07, 6.45) is 7.52. The lowest BCUT2D eigenvalue weighted by atomic mass is 10.1. The fourth-order valence-electron chi connectivity index (χ4n) is 2.52. The number of aryl methyl sites for hydroxylation is 1. The molecule has 16 heavy (non-hydrogen) atoms. The molecule has 2 rings (SSSR count). The average molecular weight is 223 g/mol. The van der Waals surface area contributed by atoms with Crippen LogP contribution in [0.15, 0.2) is 12.4 Å². The number of hydrogen-bond acceptors (Lipinski definition) is 3. The van der Waals surface area contributed by atoms with Gasteiger partial charge in [0.25, 0.3) is 0 Å². The molecule has 90 valence electrons. The molecule has 4 nitrogen and oxygen atoms in total. The van der Waals surface area contributed by atoms with Gasteiger partial charge in [-0.2, -0.15) is 5.10 Å². The molecule has 0 spiro atoms. The molecule has 0 aliphatic heterocycles. The number of nitrogens with one attached hydrogen (secondary N) is 1. The van der Waals surface area contributed by atoms with Crippen LogP contribution in [-0.4, -0.2) is 27.5 Å². The molecule has 4 heteroatoms. The Kier molecular flexibility index (Phi) is 3.61. The van der Waals surface area contributed by atoms with E-state index in [1.807, 2.05) is 19.4 Å². The summed E-state index contributed by atoms with van der Waals surface area (Å²) in [6.45, 7) is 2.43. The number of hydrogen-bond donors (Lipinski definition) is 2. The highest BCUT2D eigenvalue weighted by Gasteiger charge is 2.24. The maximum absolute atomic E-state index is 9.42. The minimum absolute atomic E-state index is 0.0315. The van der Waals surface area contributed by atoms with Gasteiger partial charge in [0.1, 0.15) is 0 Å². The van der Waals surface area contributed by atoms with Crippen molar-refractivity contribution in [2.45, 2.75) is 38.3 Å². The van der Waals surface area contributed by atoms with Crippen molar-refractivity contribution in [1.82, 2.24) is 15.1 Å². The molecule has 1 aromatic heterocycles. The first-order chi connectivity index (χ1) is 7.69. The van der Waals surface area contributed by atoms with Crippen molar-refractivity contribution in [1.29, 1.82) is 0 Å². The molecular weight excluding hydrogens is 202 g/mol. The number of aromatic nitrogens is 2. The van der Waals surface area contributed by atoms with Crippen LogP contribution in [0, 0.1) is 5.92 Å². The van der Waals surface area contributed by atoms with Crippen LogP contribution in [0.2, 0.25) is 0 Å². The minimum atomic E-state index is 0.0315. The van der Waals surface area contributed by atoms with E-state index >= 15 is 0 Å². The van der Waals surface area contributed by atoms with Crippen LogP contribution < -0.4 is 5.32 Å². The van der Waals surface area contributed by atoms with Gasteiger partial charge >= 0.3 is 0 Å². The van der Waals surface area contributed by atoms with E-state index in [1.54, 1.807) is 4.68 Å². The van der Waals surface area contributed by atoms with E-state index in [-0.39, 0.29) is 12.6 Å². The van der Waals surface area contributed by atoms with Crippen molar-refractivity contribution in [2.24, 2.45) is 13.0 Å². The van der Waals surface area contributed by atoms with Gasteiger partial charge in [-0.15, -0.1) is 0 Å². The summed E-state index contributed by atoms with van der Waals surface area (Å²) in [5.74, 6) is 0.811. The van der Waals surface area contributed by atoms with Gasteiger partial charge in [0.2, 0.25) is 0 Å². The van der Waals surface area contributed by atoms with Crippen LogP contribution >= 0.6 is 0 Å². The summed E-state index contributed by atoms with van der Waals surface area (Å²) in [5, 5.41) is 17.1. The molecule has 1 aliphatic rings. The predicted octanol–water partition coefficient (Wildman–Crippen LogP) is 1.23. The molecule has 3 atom stereocenters. The van der Waals surface area contributed by atoms with Crippen LogP contribution in [0.5, 0.6) is 0 Å². The lowest BCUT2D eigenvalue weighted by Crippen LogP contribution is -2.32. The Morgan fingerprint density at radius 3 is 2.94 bits per heavy atom. The van der Waals surface area contributed by atoms with Crippen LogP contribution in [-0.2, 0) is 7.05 Å². The molecular formula is C12H21N3O. The second kappa shape index (κ2) is 4.97. The molecule has 0 radical (unpaired) electrons. The highest BCUT2D eigenvalue weighted by molar-refractivity contribution is 5.10. The molecule has 1 heterocycles. The predicted molar refractivity (Wildman–Crippen MR) is 63.0 cm³/mol. The Morgan fingerprint density at radius 1 is 1.62 bits per heavy atom. The summed E-state index contributed by atoms with van der Waals surface area (Å²) in [6, 6.07) is 0.580. The Bertz CT molecular complexity index is 337. The molecule has 1 fully saturated rings. The van der Waals surface area contributed by atoms with Gasteiger partial charge in [-0.3, -0.25) is 4.68 Å². The van der Waals surface area contributed by atoms with E-state index < -0.39 is 0 Å². The zero-order chi connectivity index (χ0) is 11.5. The summed E-state index contributed by atoms with van der Waals surface area (Å²) < 4.78 is 1.77. The Hall–Kier alpha value is -0.870. The maximum Gasteiger partial charge on any atom is 0.0627 e. The van der Waals surface area contributed by atoms with Crippen molar-refractivity contribution in [3.05, 3.63) is 18.0 Å². The Morgan fingerprint density at radius 2 is 2.44 bits per heavy atom. The molecule has 0 saturated heterocycles. The molecule has 0 amide bonds. The smallest absolute Gasteiger partial charge is 0.0627 e. The molecule has 3 unspecified atom stereocenters. The van der Waals surface area contributed by atoms with Crippen LogP contribution in [0.4, 0.5) is 0 Å². The third kappa shape index (κ3) is 2.62. The normalized spacial score (nSPS) is 27.2. The van der Waals surface area contributed by atoms with E-state index in [0.717, 1.165) is 11.5 Å². The lowest BCUT2D eigenvalue weighted by molar-refractivity contribution is 0.232. The minimum Gasteiger partial charge on any atom is -0.394 e. The SMILES string of the molecule is CC1CCC(NC(CO)c2cnn(C)c2)C1. The zero-order valence-electron chi connectivity index (χ0n) is 10.1. The Balaban J connectivity index is 1.95. The zero-order valence-corrected chi connectivity index (χ0v) is 10.1. The summed E-state index contributed by atoms with van der Waals surface area (Å²) in [4.78, 5) is 0. The third-order valence-electron chi connectivity index (χ3n) is 3.44. The first-order valence-electron chi connectivity index (χ1n) is 6.04. The molecule has 0 aromatic carbocycles. The third-order valence-corrected chi connectivity index (χ3v) is 3.44. The van der Waals surface area contributed by atoms with Gasteiger partial charge in [-0.1, -0.05) is 6.92 Å². The lowest BCUT2D eigenvalue weighted by Gasteiger charge is -2.20. The molecule has 2 N–H and O–H groups in total. The second-order valence-electron chi connectivity index (χ2n) is 4.96. The van der Waals surface area contributed by atoms with Crippen molar-refractivity contribution in [3.63, 3.8) is 0 Å². The number of nitrogens with zero attached hydrogens (tertiary/aromatic N) is 2. The van der Waals surface area contributed by atoms with Crippen molar-refractivity contribution in [3.8, 4) is 0 Å². The highest BCUT2D eigenvalue weighted by Crippen LogP contribution is 2.26. The van der Waals surface area contributed by atoms with Gasteiger partial charge in [0, 0.05) is 24.8 Å². The van der Waals surface area contributed by atoms with Crippen molar-refractivity contribution in [2.75, 3.05) is 6.61 Å². The molecule has 1 aromatic rings. The fraction of sp³-hybridized carbons (Fsp3) is 0.750. The average Bonchev–Trinajstić information content (AvgIpc) is 2.84. The van der Waals surface area contributed by atoms with E-state index in [9.17, 15) is 5.11 Å². The standard InChI is InChI=1S/C12H21N3O/c1-9-3-4-11(5-9)14-12(8-16)10-6-13-15(2)7-10/h6-7,9,11-12,14,16H,3-5,8H2,1-2H3. The van der Waals surface area contributed by atoms with E-state index in [1.165, 1.54) is 19.3 Å². The van der Waals surface area contributed by atoms with Gasteiger partial charge < -0.3 is 10.4 Å². The largest absolute Gasteiger partial charge is 0.394 e. The van der Waals surface area contributed by atoms with Gasteiger partial charge in [-0.25, -0.2) is 0 Å². The second-order valence-corrected chi connectivity index (χ2v) is 4.96. The summed E-state index contributed by atoms with van der Waals surface area (Å²) in [7, 11) is 1.90. The van der Waals surface area contributed by atoms with Crippen LogP contribution in [0.3, 0.4) is 0 Å². The molecule has 0 bridgehead atoms. The van der Waals surface area contributed by atoms with Crippen molar-refractivity contribution < 1.29 is 5.11 Å². The van der Waals surface area contributed by atoms with Crippen LogP contribution in [0.1, 0.15) is 37.8 Å². The Labute approximate surface area is 96.7 Å². The first-order valence-corrected chi connectivity index (χ1v) is 6.04.